The van der Waals surface area contributed by atoms with E-state index in [-0.39, 0.29) is 5.91 Å². The Balaban J connectivity index is 1.51. The minimum atomic E-state index is 0.0975. The van der Waals surface area contributed by atoms with Crippen LogP contribution in [0.4, 0.5) is 0 Å². The average Bonchev–Trinajstić information content (AvgIpc) is 2.68. The molecule has 1 heterocycles. The number of phenols is 1. The Morgan fingerprint density at radius 3 is 2.50 bits per heavy atom. The summed E-state index contributed by atoms with van der Waals surface area (Å²) in [5.41, 5.74) is 3.00. The van der Waals surface area contributed by atoms with Crippen molar-refractivity contribution in [3.63, 3.8) is 0 Å². The minimum Gasteiger partial charge on any atom is -0.508 e. The predicted molar refractivity (Wildman–Crippen MR) is 103 cm³/mol. The smallest absolute Gasteiger partial charge is 0.253 e. The van der Waals surface area contributed by atoms with Crippen molar-refractivity contribution < 1.29 is 14.6 Å². The van der Waals surface area contributed by atoms with Gasteiger partial charge in [0, 0.05) is 18.7 Å². The van der Waals surface area contributed by atoms with E-state index in [0.717, 1.165) is 50.1 Å². The van der Waals surface area contributed by atoms with Crippen LogP contribution in [0.3, 0.4) is 0 Å². The van der Waals surface area contributed by atoms with Crippen LogP contribution >= 0.6 is 0 Å². The number of piperidine rings is 1. The zero-order valence-corrected chi connectivity index (χ0v) is 15.6. The molecule has 3 rings (SSSR count). The normalized spacial score (nSPS) is 15.1. The zero-order valence-electron chi connectivity index (χ0n) is 15.6. The molecule has 0 saturated carbocycles. The zero-order chi connectivity index (χ0) is 18.5. The number of aromatic hydroxyl groups is 1. The molecule has 1 saturated heterocycles. The number of ether oxygens (including phenoxy) is 1. The maximum absolute atomic E-state index is 12.7. The summed E-state index contributed by atoms with van der Waals surface area (Å²) in [4.78, 5) is 14.7. The van der Waals surface area contributed by atoms with Gasteiger partial charge >= 0.3 is 0 Å². The Kier molecular flexibility index (Phi) is 5.82. The summed E-state index contributed by atoms with van der Waals surface area (Å²) in [5.74, 6) is 1.83. The molecule has 2 aromatic carbocycles. The highest BCUT2D eigenvalue weighted by Crippen LogP contribution is 2.25. The lowest BCUT2D eigenvalue weighted by atomic mass is 9.90. The summed E-state index contributed by atoms with van der Waals surface area (Å²) in [7, 11) is 1.64. The van der Waals surface area contributed by atoms with Gasteiger partial charge in [-0.05, 0) is 73.9 Å². The monoisotopic (exact) mass is 353 g/mol. The van der Waals surface area contributed by atoms with Gasteiger partial charge in [-0.15, -0.1) is 0 Å². The number of benzene rings is 2. The standard InChI is InChI=1S/C22H27NO3/c1-16-3-8-19(15-21(16)26-2)22(25)23-13-11-18(12-14-23)5-4-17-6-9-20(24)10-7-17/h3,6-10,15,18,24H,4-5,11-14H2,1-2H3. The third kappa shape index (κ3) is 4.37. The number of carbonyl (C=O) groups excluding carboxylic acids is 1. The molecule has 2 aromatic rings. The summed E-state index contributed by atoms with van der Waals surface area (Å²) >= 11 is 0. The van der Waals surface area contributed by atoms with E-state index in [1.54, 1.807) is 19.2 Å². The fraction of sp³-hybridized carbons (Fsp3) is 0.409. The number of rotatable bonds is 5. The molecule has 0 unspecified atom stereocenters. The van der Waals surface area contributed by atoms with Gasteiger partial charge in [0.2, 0.25) is 0 Å². The number of hydrogen-bond donors (Lipinski definition) is 1. The van der Waals surface area contributed by atoms with E-state index in [1.807, 2.05) is 42.2 Å². The summed E-state index contributed by atoms with van der Waals surface area (Å²) in [5, 5.41) is 9.35. The van der Waals surface area contributed by atoms with Gasteiger partial charge in [-0.1, -0.05) is 18.2 Å². The van der Waals surface area contributed by atoms with E-state index in [1.165, 1.54) is 5.56 Å². The molecular weight excluding hydrogens is 326 g/mol. The van der Waals surface area contributed by atoms with Crippen molar-refractivity contribution in [3.05, 3.63) is 59.2 Å². The van der Waals surface area contributed by atoms with Crippen LogP contribution < -0.4 is 4.74 Å². The lowest BCUT2D eigenvalue weighted by molar-refractivity contribution is 0.0686. The summed E-state index contributed by atoms with van der Waals surface area (Å²) in [6.07, 6.45) is 4.25. The Labute approximate surface area is 155 Å². The van der Waals surface area contributed by atoms with E-state index in [9.17, 15) is 9.90 Å². The molecule has 0 bridgehead atoms. The van der Waals surface area contributed by atoms with Crippen molar-refractivity contribution in [1.82, 2.24) is 4.90 Å². The van der Waals surface area contributed by atoms with E-state index in [2.05, 4.69) is 0 Å². The highest BCUT2D eigenvalue weighted by molar-refractivity contribution is 5.94. The van der Waals surface area contributed by atoms with Gasteiger partial charge < -0.3 is 14.7 Å². The molecule has 4 heteroatoms. The van der Waals surface area contributed by atoms with Crippen molar-refractivity contribution >= 4 is 5.91 Å². The van der Waals surface area contributed by atoms with Crippen LogP contribution in [0.25, 0.3) is 0 Å². The first-order valence-corrected chi connectivity index (χ1v) is 9.28. The number of likely N-dealkylation sites (tertiary alicyclic amines) is 1. The number of hydrogen-bond acceptors (Lipinski definition) is 3. The van der Waals surface area contributed by atoms with Gasteiger partial charge in [-0.25, -0.2) is 0 Å². The van der Waals surface area contributed by atoms with Crippen molar-refractivity contribution in [2.45, 2.75) is 32.6 Å². The highest BCUT2D eigenvalue weighted by Gasteiger charge is 2.24. The first-order chi connectivity index (χ1) is 12.6. The van der Waals surface area contributed by atoms with Crippen molar-refractivity contribution in [3.8, 4) is 11.5 Å². The molecule has 4 nitrogen and oxygen atoms in total. The largest absolute Gasteiger partial charge is 0.508 e. The Hall–Kier alpha value is -2.49. The fourth-order valence-corrected chi connectivity index (χ4v) is 3.59. The van der Waals surface area contributed by atoms with Crippen LogP contribution in [0.15, 0.2) is 42.5 Å². The lowest BCUT2D eigenvalue weighted by Gasteiger charge is -2.32. The van der Waals surface area contributed by atoms with E-state index in [4.69, 9.17) is 4.74 Å². The number of amides is 1. The molecule has 1 fully saturated rings. The van der Waals surface area contributed by atoms with Crippen molar-refractivity contribution in [1.29, 1.82) is 0 Å². The van der Waals surface area contributed by atoms with Gasteiger partial charge in [0.05, 0.1) is 7.11 Å². The number of carbonyl (C=O) groups is 1. The maximum Gasteiger partial charge on any atom is 0.253 e. The van der Waals surface area contributed by atoms with Gasteiger partial charge in [-0.3, -0.25) is 4.79 Å². The van der Waals surface area contributed by atoms with Crippen molar-refractivity contribution in [2.24, 2.45) is 5.92 Å². The number of phenolic OH excluding ortho intramolecular Hbond substituents is 1. The second-order valence-electron chi connectivity index (χ2n) is 7.13. The first-order valence-electron chi connectivity index (χ1n) is 9.28. The molecule has 138 valence electrons. The predicted octanol–water partition coefficient (Wildman–Crippen LogP) is 4.19. The van der Waals surface area contributed by atoms with Crippen LogP contribution in [0, 0.1) is 12.8 Å². The number of methoxy groups -OCH3 is 1. The second-order valence-corrected chi connectivity index (χ2v) is 7.13. The highest BCUT2D eigenvalue weighted by atomic mass is 16.5. The number of aryl methyl sites for hydroxylation is 2. The molecule has 1 aliphatic rings. The molecule has 0 aromatic heterocycles. The van der Waals surface area contributed by atoms with Gasteiger partial charge in [0.15, 0.2) is 0 Å². The molecule has 0 atom stereocenters. The van der Waals surface area contributed by atoms with Gasteiger partial charge in [0.25, 0.3) is 5.91 Å². The Bertz CT molecular complexity index is 746. The van der Waals surface area contributed by atoms with E-state index >= 15 is 0 Å². The topological polar surface area (TPSA) is 49.8 Å². The first kappa shape index (κ1) is 18.3. The molecule has 0 spiro atoms. The molecule has 1 amide bonds. The molecule has 26 heavy (non-hydrogen) atoms. The SMILES string of the molecule is COc1cc(C(=O)N2CCC(CCc3ccc(O)cc3)CC2)ccc1C. The van der Waals surface area contributed by atoms with Crippen LogP contribution in [0.1, 0.15) is 40.7 Å². The molecule has 1 aliphatic heterocycles. The van der Waals surface area contributed by atoms with Crippen LogP contribution in [-0.2, 0) is 6.42 Å². The second kappa shape index (κ2) is 8.26. The quantitative estimate of drug-likeness (QED) is 0.877. The van der Waals surface area contributed by atoms with Crippen LogP contribution in [0.5, 0.6) is 11.5 Å². The molecule has 1 N–H and O–H groups in total. The third-order valence-electron chi connectivity index (χ3n) is 5.33. The Morgan fingerprint density at radius 2 is 1.85 bits per heavy atom. The summed E-state index contributed by atoms with van der Waals surface area (Å²) < 4.78 is 5.34. The summed E-state index contributed by atoms with van der Waals surface area (Å²) in [6.45, 7) is 3.61. The fourth-order valence-electron chi connectivity index (χ4n) is 3.59. The van der Waals surface area contributed by atoms with Crippen LogP contribution in [0.2, 0.25) is 0 Å². The van der Waals surface area contributed by atoms with E-state index in [0.29, 0.717) is 17.2 Å². The molecule has 0 aliphatic carbocycles. The maximum atomic E-state index is 12.7. The van der Waals surface area contributed by atoms with Crippen molar-refractivity contribution in [2.75, 3.05) is 20.2 Å². The lowest BCUT2D eigenvalue weighted by Crippen LogP contribution is -2.38. The molecular formula is C22H27NO3. The third-order valence-corrected chi connectivity index (χ3v) is 5.33. The number of nitrogens with zero attached hydrogens (tertiary/aromatic N) is 1. The van der Waals surface area contributed by atoms with E-state index < -0.39 is 0 Å². The van der Waals surface area contributed by atoms with Gasteiger partial charge in [0.1, 0.15) is 11.5 Å². The minimum absolute atomic E-state index is 0.0975. The van der Waals surface area contributed by atoms with Crippen LogP contribution in [-0.4, -0.2) is 36.1 Å². The molecule has 0 radical (unpaired) electrons. The summed E-state index contributed by atoms with van der Waals surface area (Å²) in [6, 6.07) is 13.1. The Morgan fingerprint density at radius 1 is 1.15 bits per heavy atom. The average molecular weight is 353 g/mol. The van der Waals surface area contributed by atoms with Gasteiger partial charge in [-0.2, -0.15) is 0 Å².